The molecule has 1 heterocycles. The van der Waals surface area contributed by atoms with Crippen molar-refractivity contribution in [2.75, 3.05) is 18.5 Å². The first kappa shape index (κ1) is 14.8. The second-order valence-corrected chi connectivity index (χ2v) is 6.65. The van der Waals surface area contributed by atoms with Crippen LogP contribution in [0.3, 0.4) is 0 Å². The Bertz CT molecular complexity index is 398. The van der Waals surface area contributed by atoms with Gasteiger partial charge in [0, 0.05) is 24.5 Å². The maximum Gasteiger partial charge on any atom is 0.185 e. The molecule has 0 aromatic carbocycles. The number of aryl methyl sites for hydroxylation is 1. The van der Waals surface area contributed by atoms with Crippen molar-refractivity contribution in [2.24, 2.45) is 5.92 Å². The van der Waals surface area contributed by atoms with Crippen LogP contribution in [0.1, 0.15) is 50.6 Å². The Morgan fingerprint density at radius 2 is 2.16 bits per heavy atom. The zero-order valence-corrected chi connectivity index (χ0v) is 13.5. The lowest BCUT2D eigenvalue weighted by Gasteiger charge is -2.23. The van der Waals surface area contributed by atoms with Crippen molar-refractivity contribution in [3.05, 3.63) is 10.6 Å². The van der Waals surface area contributed by atoms with Crippen LogP contribution in [0, 0.1) is 5.92 Å². The number of anilines is 1. The fourth-order valence-electron chi connectivity index (χ4n) is 2.38. The second kappa shape index (κ2) is 6.71. The summed E-state index contributed by atoms with van der Waals surface area (Å²) in [5, 5.41) is 4.69. The van der Waals surface area contributed by atoms with Gasteiger partial charge in [-0.2, -0.15) is 0 Å². The predicted octanol–water partition coefficient (Wildman–Crippen LogP) is 3.44. The normalized spacial score (nSPS) is 16.6. The lowest BCUT2D eigenvalue weighted by Crippen LogP contribution is -2.30. The molecule has 0 radical (unpaired) electrons. The van der Waals surface area contributed by atoms with Crippen LogP contribution in [0.25, 0.3) is 0 Å². The Morgan fingerprint density at radius 3 is 2.74 bits per heavy atom. The Kier molecular flexibility index (Phi) is 5.22. The molecule has 1 aromatic rings. The van der Waals surface area contributed by atoms with Gasteiger partial charge in [-0.15, -0.1) is 11.3 Å². The van der Waals surface area contributed by atoms with Crippen LogP contribution in [-0.2, 0) is 13.0 Å². The number of nitrogens with zero attached hydrogens (tertiary/aromatic N) is 2. The number of hydrogen-bond donors (Lipinski definition) is 1. The molecule has 4 heteroatoms. The smallest absolute Gasteiger partial charge is 0.185 e. The van der Waals surface area contributed by atoms with Crippen molar-refractivity contribution in [3.63, 3.8) is 0 Å². The van der Waals surface area contributed by atoms with Gasteiger partial charge >= 0.3 is 0 Å². The minimum atomic E-state index is 0.632. The van der Waals surface area contributed by atoms with Gasteiger partial charge < -0.3 is 10.2 Å². The number of rotatable bonds is 8. The van der Waals surface area contributed by atoms with Crippen molar-refractivity contribution in [2.45, 2.75) is 59.0 Å². The minimum absolute atomic E-state index is 0.632. The number of nitrogens with one attached hydrogen (secondary N) is 1. The van der Waals surface area contributed by atoms with E-state index >= 15 is 0 Å². The van der Waals surface area contributed by atoms with E-state index in [1.807, 2.05) is 11.3 Å². The van der Waals surface area contributed by atoms with Gasteiger partial charge in [-0.25, -0.2) is 4.98 Å². The zero-order chi connectivity index (χ0) is 13.8. The monoisotopic (exact) mass is 281 g/mol. The third-order valence-corrected chi connectivity index (χ3v) is 5.22. The first-order valence-corrected chi connectivity index (χ1v) is 8.41. The molecule has 0 bridgehead atoms. The summed E-state index contributed by atoms with van der Waals surface area (Å²) < 4.78 is 0. The van der Waals surface area contributed by atoms with Crippen LogP contribution in [0.5, 0.6) is 0 Å². The fourth-order valence-corrected chi connectivity index (χ4v) is 3.55. The van der Waals surface area contributed by atoms with Crippen LogP contribution in [-0.4, -0.2) is 24.6 Å². The van der Waals surface area contributed by atoms with Crippen molar-refractivity contribution in [1.82, 2.24) is 10.3 Å². The van der Waals surface area contributed by atoms with Crippen molar-refractivity contribution >= 4 is 16.5 Å². The number of hydrogen-bond acceptors (Lipinski definition) is 4. The third kappa shape index (κ3) is 3.69. The molecule has 2 rings (SSSR count). The molecule has 0 saturated heterocycles. The van der Waals surface area contributed by atoms with Gasteiger partial charge in [-0.05, 0) is 45.1 Å². The second-order valence-electron chi connectivity index (χ2n) is 5.59. The third-order valence-electron chi connectivity index (χ3n) is 4.03. The fraction of sp³-hybridized carbons (Fsp3) is 0.800. The van der Waals surface area contributed by atoms with E-state index in [1.54, 1.807) is 0 Å². The van der Waals surface area contributed by atoms with E-state index in [-0.39, 0.29) is 0 Å². The molecule has 1 aliphatic rings. The predicted molar refractivity (Wildman–Crippen MR) is 84.1 cm³/mol. The molecule has 1 aromatic heterocycles. The SMILES string of the molecule is CCCNCc1sc(N(C)C(C)C2CC2)nc1CC. The molecule has 108 valence electrons. The molecule has 1 fully saturated rings. The summed E-state index contributed by atoms with van der Waals surface area (Å²) in [6, 6.07) is 0.632. The molecular formula is C15H27N3S. The highest BCUT2D eigenvalue weighted by Gasteiger charge is 2.31. The van der Waals surface area contributed by atoms with E-state index in [1.165, 1.54) is 35.0 Å². The van der Waals surface area contributed by atoms with Gasteiger partial charge in [0.05, 0.1) is 5.69 Å². The highest BCUT2D eigenvalue weighted by Crippen LogP contribution is 2.37. The standard InChI is InChI=1S/C15H27N3S/c1-5-9-16-10-14-13(6-2)17-15(19-14)18(4)11(3)12-7-8-12/h11-12,16H,5-10H2,1-4H3. The first-order chi connectivity index (χ1) is 9.17. The van der Waals surface area contributed by atoms with Gasteiger partial charge in [0.25, 0.3) is 0 Å². The van der Waals surface area contributed by atoms with Gasteiger partial charge in [-0.1, -0.05) is 13.8 Å². The van der Waals surface area contributed by atoms with Crippen molar-refractivity contribution < 1.29 is 0 Å². The highest BCUT2D eigenvalue weighted by molar-refractivity contribution is 7.15. The summed E-state index contributed by atoms with van der Waals surface area (Å²) in [7, 11) is 2.20. The maximum atomic E-state index is 4.84. The molecule has 1 unspecified atom stereocenters. The Balaban J connectivity index is 2.03. The molecule has 1 aliphatic carbocycles. The Morgan fingerprint density at radius 1 is 1.42 bits per heavy atom. The van der Waals surface area contributed by atoms with Crippen LogP contribution >= 0.6 is 11.3 Å². The zero-order valence-electron chi connectivity index (χ0n) is 12.7. The number of aromatic nitrogens is 1. The molecule has 3 nitrogen and oxygen atoms in total. The van der Waals surface area contributed by atoms with Gasteiger partial charge in [0.15, 0.2) is 5.13 Å². The molecule has 1 saturated carbocycles. The van der Waals surface area contributed by atoms with Crippen LogP contribution < -0.4 is 10.2 Å². The first-order valence-electron chi connectivity index (χ1n) is 7.59. The summed E-state index contributed by atoms with van der Waals surface area (Å²) in [5.41, 5.74) is 1.28. The molecule has 0 spiro atoms. The molecule has 0 amide bonds. The van der Waals surface area contributed by atoms with E-state index in [2.05, 4.69) is 38.0 Å². The van der Waals surface area contributed by atoms with E-state index in [0.29, 0.717) is 6.04 Å². The van der Waals surface area contributed by atoms with Gasteiger partial charge in [-0.3, -0.25) is 0 Å². The van der Waals surface area contributed by atoms with Gasteiger partial charge in [0.1, 0.15) is 0 Å². The largest absolute Gasteiger partial charge is 0.348 e. The van der Waals surface area contributed by atoms with Gasteiger partial charge in [0.2, 0.25) is 0 Å². The van der Waals surface area contributed by atoms with Crippen molar-refractivity contribution in [3.8, 4) is 0 Å². The maximum absolute atomic E-state index is 4.84. The molecular weight excluding hydrogens is 254 g/mol. The molecule has 19 heavy (non-hydrogen) atoms. The van der Waals surface area contributed by atoms with E-state index in [0.717, 1.165) is 25.4 Å². The molecule has 1 N–H and O–H groups in total. The molecule has 0 aliphatic heterocycles. The quantitative estimate of drug-likeness (QED) is 0.740. The summed E-state index contributed by atoms with van der Waals surface area (Å²) in [6.45, 7) is 8.80. The lowest BCUT2D eigenvalue weighted by atomic mass is 10.2. The molecule has 1 atom stereocenters. The highest BCUT2D eigenvalue weighted by atomic mass is 32.1. The van der Waals surface area contributed by atoms with E-state index in [4.69, 9.17) is 4.98 Å². The Labute approximate surface area is 121 Å². The van der Waals surface area contributed by atoms with Crippen LogP contribution in [0.4, 0.5) is 5.13 Å². The van der Waals surface area contributed by atoms with Crippen LogP contribution in [0.15, 0.2) is 0 Å². The van der Waals surface area contributed by atoms with Crippen molar-refractivity contribution in [1.29, 1.82) is 0 Å². The average Bonchev–Trinajstić information content (AvgIpc) is 3.18. The minimum Gasteiger partial charge on any atom is -0.348 e. The Hall–Kier alpha value is -0.610. The summed E-state index contributed by atoms with van der Waals surface area (Å²) in [6.07, 6.45) is 5.00. The summed E-state index contributed by atoms with van der Waals surface area (Å²) in [5.74, 6) is 0.889. The lowest BCUT2D eigenvalue weighted by molar-refractivity contribution is 0.607. The number of thiazole rings is 1. The summed E-state index contributed by atoms with van der Waals surface area (Å²) in [4.78, 5) is 8.64. The van der Waals surface area contributed by atoms with Crippen LogP contribution in [0.2, 0.25) is 0 Å². The average molecular weight is 281 g/mol. The van der Waals surface area contributed by atoms with E-state index in [9.17, 15) is 0 Å². The summed E-state index contributed by atoms with van der Waals surface area (Å²) >= 11 is 1.87. The topological polar surface area (TPSA) is 28.2 Å². The van der Waals surface area contributed by atoms with E-state index < -0.39 is 0 Å².